The minimum absolute atomic E-state index is 0.253. The van der Waals surface area contributed by atoms with Gasteiger partial charge in [0, 0.05) is 11.3 Å². The molecule has 3 nitrogen and oxygen atoms in total. The van der Waals surface area contributed by atoms with Crippen molar-refractivity contribution in [2.45, 2.75) is 63.2 Å². The molecule has 0 aromatic heterocycles. The smallest absolute Gasteiger partial charge is 0.230 e. The summed E-state index contributed by atoms with van der Waals surface area (Å²) >= 11 is 1.85. The van der Waals surface area contributed by atoms with Gasteiger partial charge in [0.2, 0.25) is 5.91 Å². The summed E-state index contributed by atoms with van der Waals surface area (Å²) in [6.45, 7) is 4.55. The van der Waals surface area contributed by atoms with Gasteiger partial charge in [-0.25, -0.2) is 0 Å². The molecule has 2 unspecified atom stereocenters. The molecule has 4 heteroatoms. The second kappa shape index (κ2) is 8.15. The van der Waals surface area contributed by atoms with Gasteiger partial charge in [0.05, 0.1) is 5.75 Å². The van der Waals surface area contributed by atoms with Gasteiger partial charge in [-0.2, -0.15) is 0 Å². The van der Waals surface area contributed by atoms with Crippen molar-refractivity contribution in [3.8, 4) is 0 Å². The maximum absolute atomic E-state index is 12.0. The first kappa shape index (κ1) is 15.2. The largest absolute Gasteiger partial charge is 0.353 e. The highest BCUT2D eigenvalue weighted by molar-refractivity contribution is 8.00. The minimum atomic E-state index is 0.253. The van der Waals surface area contributed by atoms with E-state index in [-0.39, 0.29) is 5.91 Å². The van der Waals surface area contributed by atoms with Crippen LogP contribution in [0.4, 0.5) is 0 Å². The number of nitrogens with one attached hydrogen (secondary N) is 2. The highest BCUT2D eigenvalue weighted by Crippen LogP contribution is 2.23. The maximum Gasteiger partial charge on any atom is 0.230 e. The molecule has 2 atom stereocenters. The number of carbonyl (C=O) groups excluding carboxylic acids is 1. The number of hydrogen-bond acceptors (Lipinski definition) is 3. The zero-order valence-corrected chi connectivity index (χ0v) is 12.9. The predicted octanol–water partition coefficient (Wildman–Crippen LogP) is 2.56. The van der Waals surface area contributed by atoms with Crippen LogP contribution in [0, 0.1) is 5.92 Å². The Morgan fingerprint density at radius 3 is 2.74 bits per heavy atom. The van der Waals surface area contributed by atoms with Gasteiger partial charge in [0.1, 0.15) is 0 Å². The van der Waals surface area contributed by atoms with Gasteiger partial charge in [0.25, 0.3) is 0 Å². The Kier molecular flexibility index (Phi) is 6.51. The SMILES string of the molecule is CC1CCCC(NC(=O)CSC2CCNCC2)CC1. The fourth-order valence-corrected chi connectivity index (χ4v) is 4.10. The summed E-state index contributed by atoms with van der Waals surface area (Å²) in [5, 5.41) is 7.29. The molecule has 2 rings (SSSR count). The van der Waals surface area contributed by atoms with Crippen LogP contribution >= 0.6 is 11.8 Å². The van der Waals surface area contributed by atoms with Gasteiger partial charge in [0.15, 0.2) is 0 Å². The number of hydrogen-bond donors (Lipinski definition) is 2. The Bertz CT molecular complexity index is 279. The van der Waals surface area contributed by atoms with Crippen LogP contribution in [0.2, 0.25) is 0 Å². The highest BCUT2D eigenvalue weighted by Gasteiger charge is 2.19. The molecule has 0 bridgehead atoms. The number of carbonyl (C=O) groups is 1. The molecule has 0 spiro atoms. The van der Waals surface area contributed by atoms with Gasteiger partial charge in [-0.3, -0.25) is 4.79 Å². The van der Waals surface area contributed by atoms with E-state index in [1.165, 1.54) is 44.9 Å². The van der Waals surface area contributed by atoms with Crippen LogP contribution in [0.25, 0.3) is 0 Å². The van der Waals surface area contributed by atoms with E-state index in [9.17, 15) is 4.79 Å². The van der Waals surface area contributed by atoms with Crippen molar-refractivity contribution in [1.82, 2.24) is 10.6 Å². The number of piperidine rings is 1. The van der Waals surface area contributed by atoms with Crippen molar-refractivity contribution >= 4 is 17.7 Å². The van der Waals surface area contributed by atoms with Crippen LogP contribution in [-0.2, 0) is 4.79 Å². The van der Waals surface area contributed by atoms with Crippen molar-refractivity contribution in [1.29, 1.82) is 0 Å². The molecule has 1 amide bonds. The summed E-state index contributed by atoms with van der Waals surface area (Å²) in [7, 11) is 0. The monoisotopic (exact) mass is 284 g/mol. The fourth-order valence-electron chi connectivity index (χ4n) is 3.06. The molecule has 0 aromatic rings. The van der Waals surface area contributed by atoms with Gasteiger partial charge in [-0.15, -0.1) is 11.8 Å². The molecule has 2 N–H and O–H groups in total. The highest BCUT2D eigenvalue weighted by atomic mass is 32.2. The second-order valence-electron chi connectivity index (χ2n) is 6.14. The summed E-state index contributed by atoms with van der Waals surface area (Å²) in [5.74, 6) is 1.74. The second-order valence-corrected chi connectivity index (χ2v) is 7.43. The van der Waals surface area contributed by atoms with Gasteiger partial charge >= 0.3 is 0 Å². The van der Waals surface area contributed by atoms with E-state index in [2.05, 4.69) is 17.6 Å². The van der Waals surface area contributed by atoms with Crippen LogP contribution < -0.4 is 10.6 Å². The van der Waals surface area contributed by atoms with Crippen molar-refractivity contribution in [3.05, 3.63) is 0 Å². The molecule has 1 aliphatic carbocycles. The summed E-state index contributed by atoms with van der Waals surface area (Å²) in [6, 6.07) is 0.436. The molecule has 19 heavy (non-hydrogen) atoms. The predicted molar refractivity (Wildman–Crippen MR) is 82.5 cm³/mol. The van der Waals surface area contributed by atoms with E-state index in [1.54, 1.807) is 0 Å². The topological polar surface area (TPSA) is 41.1 Å². The van der Waals surface area contributed by atoms with Crippen molar-refractivity contribution in [2.24, 2.45) is 5.92 Å². The Morgan fingerprint density at radius 1 is 1.16 bits per heavy atom. The standard InChI is InChI=1S/C15H28N2OS/c1-12-3-2-4-13(6-5-12)17-15(18)11-19-14-7-9-16-10-8-14/h12-14,16H,2-11H2,1H3,(H,17,18). The molecule has 1 heterocycles. The van der Waals surface area contributed by atoms with Crippen LogP contribution in [0.15, 0.2) is 0 Å². The third-order valence-corrected chi connectivity index (χ3v) is 5.73. The lowest BCUT2D eigenvalue weighted by Gasteiger charge is -2.22. The fraction of sp³-hybridized carbons (Fsp3) is 0.933. The third kappa shape index (κ3) is 5.74. The molecular weight excluding hydrogens is 256 g/mol. The minimum Gasteiger partial charge on any atom is -0.353 e. The quantitative estimate of drug-likeness (QED) is 0.780. The first-order chi connectivity index (χ1) is 9.24. The first-order valence-electron chi connectivity index (χ1n) is 7.85. The Hall–Kier alpha value is -0.220. The maximum atomic E-state index is 12.0. The van der Waals surface area contributed by atoms with Crippen molar-refractivity contribution in [3.63, 3.8) is 0 Å². The van der Waals surface area contributed by atoms with Gasteiger partial charge < -0.3 is 10.6 Å². The van der Waals surface area contributed by atoms with Crippen molar-refractivity contribution < 1.29 is 4.79 Å². The van der Waals surface area contributed by atoms with E-state index >= 15 is 0 Å². The van der Waals surface area contributed by atoms with E-state index in [4.69, 9.17) is 0 Å². The molecule has 2 fully saturated rings. The molecule has 1 saturated heterocycles. The molecule has 0 radical (unpaired) electrons. The molecule has 1 saturated carbocycles. The third-order valence-electron chi connectivity index (χ3n) is 4.36. The molecule has 2 aliphatic rings. The van der Waals surface area contributed by atoms with Crippen LogP contribution in [0.3, 0.4) is 0 Å². The average Bonchev–Trinajstić information content (AvgIpc) is 2.63. The van der Waals surface area contributed by atoms with Crippen LogP contribution in [-0.4, -0.2) is 36.0 Å². The van der Waals surface area contributed by atoms with Gasteiger partial charge in [-0.05, 0) is 51.1 Å². The summed E-state index contributed by atoms with van der Waals surface area (Å²) < 4.78 is 0. The first-order valence-corrected chi connectivity index (χ1v) is 8.90. The lowest BCUT2D eigenvalue weighted by Crippen LogP contribution is -2.36. The van der Waals surface area contributed by atoms with E-state index in [1.807, 2.05) is 11.8 Å². The average molecular weight is 284 g/mol. The number of rotatable bonds is 4. The van der Waals surface area contributed by atoms with E-state index in [0.29, 0.717) is 17.0 Å². The number of amides is 1. The normalized spacial score (nSPS) is 29.7. The Morgan fingerprint density at radius 2 is 1.95 bits per heavy atom. The molecule has 0 aromatic carbocycles. The van der Waals surface area contributed by atoms with E-state index in [0.717, 1.165) is 19.0 Å². The summed E-state index contributed by atoms with van der Waals surface area (Å²) in [5.41, 5.74) is 0. The zero-order chi connectivity index (χ0) is 13.5. The molecule has 1 aliphatic heterocycles. The summed E-state index contributed by atoms with van der Waals surface area (Å²) in [6.07, 6.45) is 8.63. The lowest BCUT2D eigenvalue weighted by molar-refractivity contribution is -0.119. The lowest BCUT2D eigenvalue weighted by atomic mass is 10.0. The number of thioether (sulfide) groups is 1. The Balaban J connectivity index is 1.63. The van der Waals surface area contributed by atoms with Crippen LogP contribution in [0.5, 0.6) is 0 Å². The van der Waals surface area contributed by atoms with Gasteiger partial charge in [-0.1, -0.05) is 19.8 Å². The summed E-state index contributed by atoms with van der Waals surface area (Å²) in [4.78, 5) is 12.0. The van der Waals surface area contributed by atoms with Crippen LogP contribution in [0.1, 0.15) is 51.9 Å². The van der Waals surface area contributed by atoms with E-state index < -0.39 is 0 Å². The molecule has 110 valence electrons. The molecular formula is C15H28N2OS. The Labute approximate surface area is 121 Å². The van der Waals surface area contributed by atoms with Crippen molar-refractivity contribution in [2.75, 3.05) is 18.8 Å². The zero-order valence-electron chi connectivity index (χ0n) is 12.1.